The molecule has 12 heteroatoms. The van der Waals surface area contributed by atoms with Gasteiger partial charge in [-0.25, -0.2) is 29.9 Å². The first-order valence-electron chi connectivity index (χ1n) is 28.6. The maximum atomic E-state index is 6.84. The number of H-pyrrole nitrogens is 2. The van der Waals surface area contributed by atoms with Crippen LogP contribution in [0.15, 0.2) is 170 Å². The van der Waals surface area contributed by atoms with E-state index >= 15 is 0 Å². The van der Waals surface area contributed by atoms with Crippen molar-refractivity contribution >= 4 is 44.1 Å². The summed E-state index contributed by atoms with van der Waals surface area (Å²) in [5.41, 5.74) is 9.30. The van der Waals surface area contributed by atoms with Gasteiger partial charge in [0.1, 0.15) is 68.6 Å². The minimum atomic E-state index is -0.0385. The second-order valence-electron chi connectivity index (χ2n) is 25.8. The summed E-state index contributed by atoms with van der Waals surface area (Å²) in [5.74, 6) is 6.49. The van der Waals surface area contributed by atoms with E-state index < -0.39 is 0 Å². The molecule has 0 amide bonds. The number of hydrogen-bond donors (Lipinski definition) is 2. The van der Waals surface area contributed by atoms with Gasteiger partial charge in [0.25, 0.3) is 0 Å². The lowest BCUT2D eigenvalue weighted by Gasteiger charge is -2.19. The molecule has 8 bridgehead atoms. The zero-order chi connectivity index (χ0) is 58.5. The topological polar surface area (TPSA) is 146 Å². The van der Waals surface area contributed by atoms with Gasteiger partial charge < -0.3 is 28.9 Å². The van der Waals surface area contributed by atoms with Crippen LogP contribution in [0.5, 0.6) is 46.0 Å². The molecule has 2 N–H and O–H groups in total. The van der Waals surface area contributed by atoms with Crippen molar-refractivity contribution in [2.24, 2.45) is 0 Å². The predicted molar refractivity (Wildman–Crippen MR) is 337 cm³/mol. The van der Waals surface area contributed by atoms with Crippen molar-refractivity contribution in [3.63, 3.8) is 0 Å². The maximum absolute atomic E-state index is 6.84. The molecule has 418 valence electrons. The zero-order valence-electron chi connectivity index (χ0n) is 49.5. The maximum Gasteiger partial charge on any atom is 0.168 e. The van der Waals surface area contributed by atoms with Gasteiger partial charge in [-0.3, -0.25) is 0 Å². The van der Waals surface area contributed by atoms with Crippen LogP contribution >= 0.6 is 0 Å². The van der Waals surface area contributed by atoms with Crippen molar-refractivity contribution in [2.45, 2.75) is 105 Å². The summed E-state index contributed by atoms with van der Waals surface area (Å²) in [6.45, 7) is 26.4. The van der Waals surface area contributed by atoms with Crippen LogP contribution in [0.2, 0.25) is 0 Å². The summed E-state index contributed by atoms with van der Waals surface area (Å²) in [7, 11) is 0. The smallest absolute Gasteiger partial charge is 0.168 e. The van der Waals surface area contributed by atoms with Gasteiger partial charge in [0.2, 0.25) is 0 Å². The Morgan fingerprint density at radius 2 is 0.548 bits per heavy atom. The third-order valence-corrected chi connectivity index (χ3v) is 15.6. The molecular formula is C72H66N8O4. The number of rotatable bonds is 8. The Kier molecular flexibility index (Phi) is 12.8. The van der Waals surface area contributed by atoms with Crippen LogP contribution in [0.1, 0.15) is 105 Å². The average molecular weight is 1110 g/mol. The highest BCUT2D eigenvalue weighted by atomic mass is 16.5. The minimum Gasteiger partial charge on any atom is -0.457 e. The van der Waals surface area contributed by atoms with E-state index in [9.17, 15) is 0 Å². The molecule has 2 aliphatic rings. The zero-order valence-corrected chi connectivity index (χ0v) is 49.5. The monoisotopic (exact) mass is 1110 g/mol. The summed E-state index contributed by atoms with van der Waals surface area (Å²) >= 11 is 0. The van der Waals surface area contributed by atoms with E-state index in [1.54, 1.807) is 0 Å². The largest absolute Gasteiger partial charge is 0.457 e. The van der Waals surface area contributed by atoms with Crippen molar-refractivity contribution in [2.75, 3.05) is 0 Å². The lowest BCUT2D eigenvalue weighted by Crippen LogP contribution is -2.10. The van der Waals surface area contributed by atoms with Crippen LogP contribution in [-0.2, 0) is 21.7 Å². The number of aromatic amines is 2. The molecule has 0 saturated carbocycles. The predicted octanol–water partition coefficient (Wildman–Crippen LogP) is 19.2. The van der Waals surface area contributed by atoms with Gasteiger partial charge in [0.15, 0.2) is 23.3 Å². The molecular weight excluding hydrogens is 1040 g/mol. The lowest BCUT2D eigenvalue weighted by molar-refractivity contribution is 0.483. The van der Waals surface area contributed by atoms with Gasteiger partial charge in [-0.05, 0) is 117 Å². The fraction of sp³-hybridized carbons (Fsp3) is 0.222. The number of aromatic nitrogens is 8. The first-order chi connectivity index (χ1) is 40.1. The van der Waals surface area contributed by atoms with Gasteiger partial charge in [-0.1, -0.05) is 180 Å². The molecule has 84 heavy (non-hydrogen) atoms. The van der Waals surface area contributed by atoms with E-state index in [1.165, 1.54) is 22.3 Å². The lowest BCUT2D eigenvalue weighted by atomic mass is 9.87. The van der Waals surface area contributed by atoms with Crippen molar-refractivity contribution < 1.29 is 18.9 Å². The third-order valence-electron chi connectivity index (χ3n) is 15.6. The quantitative estimate of drug-likeness (QED) is 0.151. The number of nitrogens with zero attached hydrogens (tertiary/aromatic N) is 6. The van der Waals surface area contributed by atoms with Crippen LogP contribution < -0.4 is 18.9 Å². The van der Waals surface area contributed by atoms with E-state index in [2.05, 4.69) is 142 Å². The van der Waals surface area contributed by atoms with Crippen LogP contribution in [0.4, 0.5) is 0 Å². The van der Waals surface area contributed by atoms with Crippen molar-refractivity contribution in [1.82, 2.24) is 39.9 Å². The second kappa shape index (κ2) is 20.0. The Bertz CT molecular complexity index is 4260. The number of hydrogen-bond acceptors (Lipinski definition) is 10. The van der Waals surface area contributed by atoms with Gasteiger partial charge in [-0.15, -0.1) is 0 Å². The molecule has 13 rings (SSSR count). The molecule has 3 aromatic heterocycles. The third kappa shape index (κ3) is 10.2. The highest BCUT2D eigenvalue weighted by Gasteiger charge is 2.29. The summed E-state index contributed by atoms with van der Waals surface area (Å²) in [5, 5.41) is 2.87. The number of fused-ring (bicyclic) bond motifs is 20. The molecule has 0 fully saturated rings. The number of benzene rings is 8. The van der Waals surface area contributed by atoms with Crippen LogP contribution in [0, 0.1) is 0 Å². The molecule has 2 aliphatic heterocycles. The van der Waals surface area contributed by atoms with Crippen molar-refractivity contribution in [3.05, 3.63) is 192 Å². The Morgan fingerprint density at radius 1 is 0.274 bits per heavy atom. The fourth-order valence-electron chi connectivity index (χ4n) is 10.8. The Labute approximate surface area is 489 Å². The summed E-state index contributed by atoms with van der Waals surface area (Å²) < 4.78 is 27.4. The van der Waals surface area contributed by atoms with Gasteiger partial charge in [0, 0.05) is 21.9 Å². The molecule has 0 atom stereocenters. The molecule has 0 radical (unpaired) electrons. The first kappa shape index (κ1) is 53.6. The van der Waals surface area contributed by atoms with Gasteiger partial charge in [0.05, 0.1) is 21.9 Å². The highest BCUT2D eigenvalue weighted by Crippen LogP contribution is 2.47. The number of ether oxygens (including phenoxy) is 4. The molecule has 8 aromatic carbocycles. The highest BCUT2D eigenvalue weighted by molar-refractivity contribution is 6.10. The van der Waals surface area contributed by atoms with Crippen LogP contribution in [-0.4, -0.2) is 39.9 Å². The van der Waals surface area contributed by atoms with E-state index in [0.29, 0.717) is 114 Å². The van der Waals surface area contributed by atoms with Gasteiger partial charge >= 0.3 is 0 Å². The number of nitrogens with one attached hydrogen (secondary N) is 2. The first-order valence-corrected chi connectivity index (χ1v) is 28.6. The molecule has 0 saturated heterocycles. The molecule has 11 aromatic rings. The summed E-state index contributed by atoms with van der Waals surface area (Å²) in [6.07, 6.45) is 0. The van der Waals surface area contributed by atoms with E-state index in [4.69, 9.17) is 48.9 Å². The summed E-state index contributed by atoms with van der Waals surface area (Å²) in [6, 6.07) is 56.5. The van der Waals surface area contributed by atoms with Crippen LogP contribution in [0.25, 0.3) is 89.7 Å². The molecule has 5 heterocycles. The van der Waals surface area contributed by atoms with E-state index in [0.717, 1.165) is 21.9 Å². The Balaban J connectivity index is 1.09. The standard InChI is InChI=1S/C72H66N8O4/c1-69(2,3)41-25-33-45(34-26-41)81-53-21-13-17-49-57(53)65-75-61(49)73-62-51-19-15-23-55(83-47-37-29-43(30-38-47)71(7,8)9)59(51)67(77-62)80-68-60-52(20-16-24-56(60)84-48-39-31-44(32-40-48)72(10,11)12)64(78-68)74-63-50-18-14-22-54(58(50)66(76-63)79-65)82-46-35-27-42(28-36-46)70(4,5)6/h13-40H,1-12H3,(H2,73,74,75,76,77,78,79,80). The fourth-order valence-corrected chi connectivity index (χ4v) is 10.8. The summed E-state index contributed by atoms with van der Waals surface area (Å²) in [4.78, 5) is 39.7. The minimum absolute atomic E-state index is 0.0380. The van der Waals surface area contributed by atoms with Crippen molar-refractivity contribution in [3.8, 4) is 91.5 Å². The SMILES string of the molecule is CC(C)(C)c1ccc(Oc2cccc3c2-c2nc-3nc3[nH]c(nc4nc(nc5[nH]c(n2)c2c(Oc6ccc(C(C)(C)C)cc6)cccc52)-c2cccc(Oc5ccc(C(C)(C)C)cc5)c2-4)c2c(Oc4ccc(C(C)(C)C)cc4)cccc32)cc1. The molecule has 0 spiro atoms. The normalized spacial score (nSPS) is 12.5. The average Bonchev–Trinajstić information content (AvgIpc) is 3.13. The molecule has 0 unspecified atom stereocenters. The second-order valence-corrected chi connectivity index (χ2v) is 25.8. The Morgan fingerprint density at radius 3 is 0.857 bits per heavy atom. The van der Waals surface area contributed by atoms with E-state index in [-0.39, 0.29) is 21.7 Å². The molecule has 12 nitrogen and oxygen atoms in total. The van der Waals surface area contributed by atoms with E-state index in [1.807, 2.05) is 121 Å². The van der Waals surface area contributed by atoms with Gasteiger partial charge in [-0.2, -0.15) is 0 Å². The van der Waals surface area contributed by atoms with Crippen LogP contribution in [0.3, 0.4) is 0 Å². The van der Waals surface area contributed by atoms with Crippen molar-refractivity contribution in [1.29, 1.82) is 0 Å². The Hall–Kier alpha value is -9.68. The molecule has 0 aliphatic carbocycles.